The topological polar surface area (TPSA) is 48.1 Å². The van der Waals surface area contributed by atoms with E-state index in [1.807, 2.05) is 36.4 Å². The first-order valence-electron chi connectivity index (χ1n) is 5.27. The van der Waals surface area contributed by atoms with Crippen LogP contribution in [0.15, 0.2) is 42.6 Å². The number of para-hydroxylation sites is 1. The number of ether oxygens (including phenoxy) is 1. The van der Waals surface area contributed by atoms with E-state index in [1.54, 1.807) is 6.20 Å². The van der Waals surface area contributed by atoms with Gasteiger partial charge in [-0.3, -0.25) is 4.98 Å². The molecule has 1 aliphatic rings. The number of hydrogen-bond donors (Lipinski definition) is 1. The van der Waals surface area contributed by atoms with Crippen LogP contribution in [-0.4, -0.2) is 4.98 Å². The average molecular weight is 212 g/mol. The van der Waals surface area contributed by atoms with Gasteiger partial charge in [-0.2, -0.15) is 0 Å². The Morgan fingerprint density at radius 2 is 1.94 bits per heavy atom. The highest BCUT2D eigenvalue weighted by molar-refractivity contribution is 5.44. The van der Waals surface area contributed by atoms with Crippen LogP contribution >= 0.6 is 0 Å². The Balaban J connectivity index is 2.18. The third-order valence-corrected chi connectivity index (χ3v) is 2.88. The van der Waals surface area contributed by atoms with Gasteiger partial charge >= 0.3 is 0 Å². The number of fused-ring (bicyclic) bond motifs is 2. The first-order valence-corrected chi connectivity index (χ1v) is 5.27. The van der Waals surface area contributed by atoms with Crippen LogP contribution in [0.1, 0.15) is 22.9 Å². The summed E-state index contributed by atoms with van der Waals surface area (Å²) in [5.74, 6) is 0.855. The van der Waals surface area contributed by atoms with Gasteiger partial charge in [-0.1, -0.05) is 24.3 Å². The maximum atomic E-state index is 6.24. The van der Waals surface area contributed by atoms with Crippen LogP contribution in [0.25, 0.3) is 0 Å². The summed E-state index contributed by atoms with van der Waals surface area (Å²) in [6, 6.07) is 11.6. The molecular formula is C13H12N2O. The average Bonchev–Trinajstić information content (AvgIpc) is 2.49. The molecule has 3 heteroatoms. The molecule has 0 saturated carbocycles. The van der Waals surface area contributed by atoms with Gasteiger partial charge in [0, 0.05) is 11.8 Å². The zero-order valence-electron chi connectivity index (χ0n) is 8.76. The normalized spacial score (nSPS) is 17.9. The Kier molecular flexibility index (Phi) is 2.11. The van der Waals surface area contributed by atoms with Crippen LogP contribution in [0.3, 0.4) is 0 Å². The van der Waals surface area contributed by atoms with Crippen LogP contribution in [0.5, 0.6) is 5.75 Å². The molecule has 1 aromatic carbocycles. The number of hydrogen-bond acceptors (Lipinski definition) is 3. The minimum Gasteiger partial charge on any atom is -0.487 e. The molecule has 0 spiro atoms. The molecule has 3 nitrogen and oxygen atoms in total. The second-order valence-electron chi connectivity index (χ2n) is 3.84. The van der Waals surface area contributed by atoms with Gasteiger partial charge in [0.2, 0.25) is 0 Å². The fraction of sp³-hybridized carbons (Fsp3) is 0.154. The van der Waals surface area contributed by atoms with Gasteiger partial charge < -0.3 is 10.5 Å². The van der Waals surface area contributed by atoms with Crippen molar-refractivity contribution in [3.05, 3.63) is 59.4 Å². The first kappa shape index (κ1) is 9.36. The highest BCUT2D eigenvalue weighted by atomic mass is 16.5. The summed E-state index contributed by atoms with van der Waals surface area (Å²) in [6.45, 7) is 0.487. The van der Waals surface area contributed by atoms with Gasteiger partial charge in [-0.05, 0) is 17.7 Å². The monoisotopic (exact) mass is 212 g/mol. The molecule has 1 aliphatic heterocycles. The zero-order chi connectivity index (χ0) is 11.0. The number of rotatable bonds is 0. The number of nitrogens with two attached hydrogens (primary N) is 1. The number of aromatic nitrogens is 1. The van der Waals surface area contributed by atoms with Crippen LogP contribution in [0.4, 0.5) is 0 Å². The smallest absolute Gasteiger partial charge is 0.131 e. The first-order chi connectivity index (χ1) is 7.86. The van der Waals surface area contributed by atoms with Crippen LogP contribution in [0.2, 0.25) is 0 Å². The molecule has 0 aliphatic carbocycles. The maximum Gasteiger partial charge on any atom is 0.131 e. The lowest BCUT2D eigenvalue weighted by Crippen LogP contribution is -2.13. The minimum atomic E-state index is -0.151. The van der Waals surface area contributed by atoms with E-state index in [-0.39, 0.29) is 6.04 Å². The van der Waals surface area contributed by atoms with E-state index in [1.165, 1.54) is 0 Å². The predicted molar refractivity (Wildman–Crippen MR) is 61.0 cm³/mol. The third-order valence-electron chi connectivity index (χ3n) is 2.88. The molecule has 0 radical (unpaired) electrons. The van der Waals surface area contributed by atoms with Gasteiger partial charge in [-0.25, -0.2) is 0 Å². The van der Waals surface area contributed by atoms with Crippen molar-refractivity contribution >= 4 is 0 Å². The Bertz CT molecular complexity index is 477. The van der Waals surface area contributed by atoms with E-state index >= 15 is 0 Å². The van der Waals surface area contributed by atoms with Crippen molar-refractivity contribution in [3.8, 4) is 5.75 Å². The number of benzene rings is 1. The maximum absolute atomic E-state index is 6.24. The fourth-order valence-corrected chi connectivity index (χ4v) is 2.04. The van der Waals surface area contributed by atoms with E-state index in [9.17, 15) is 0 Å². The van der Waals surface area contributed by atoms with Crippen molar-refractivity contribution in [1.29, 1.82) is 0 Å². The minimum absolute atomic E-state index is 0.151. The molecule has 3 rings (SSSR count). The SMILES string of the molecule is N[C@H]1c2ccccc2OCc2ncccc21. The Hall–Kier alpha value is -1.87. The second-order valence-corrected chi connectivity index (χ2v) is 3.84. The Morgan fingerprint density at radius 3 is 2.88 bits per heavy atom. The molecule has 0 fully saturated rings. The van der Waals surface area contributed by atoms with Gasteiger partial charge in [0.25, 0.3) is 0 Å². The van der Waals surface area contributed by atoms with Crippen LogP contribution < -0.4 is 10.5 Å². The molecule has 16 heavy (non-hydrogen) atoms. The number of pyridine rings is 1. The van der Waals surface area contributed by atoms with Crippen molar-refractivity contribution < 1.29 is 4.74 Å². The van der Waals surface area contributed by atoms with Crippen LogP contribution in [0, 0.1) is 0 Å². The highest BCUT2D eigenvalue weighted by Gasteiger charge is 2.21. The van der Waals surface area contributed by atoms with Crippen molar-refractivity contribution in [2.24, 2.45) is 5.73 Å². The summed E-state index contributed by atoms with van der Waals surface area (Å²) in [5, 5.41) is 0. The summed E-state index contributed by atoms with van der Waals surface area (Å²) in [7, 11) is 0. The Morgan fingerprint density at radius 1 is 1.12 bits per heavy atom. The molecule has 2 heterocycles. The Labute approximate surface area is 93.9 Å². The largest absolute Gasteiger partial charge is 0.487 e. The molecule has 0 amide bonds. The van der Waals surface area contributed by atoms with Crippen molar-refractivity contribution in [3.63, 3.8) is 0 Å². The third kappa shape index (κ3) is 1.37. The molecule has 1 atom stereocenters. The molecule has 0 bridgehead atoms. The van der Waals surface area contributed by atoms with E-state index in [4.69, 9.17) is 10.5 Å². The van der Waals surface area contributed by atoms with Crippen LogP contribution in [-0.2, 0) is 6.61 Å². The summed E-state index contributed by atoms with van der Waals surface area (Å²) < 4.78 is 5.70. The summed E-state index contributed by atoms with van der Waals surface area (Å²) in [6.07, 6.45) is 1.77. The van der Waals surface area contributed by atoms with E-state index < -0.39 is 0 Å². The van der Waals surface area contributed by atoms with Crippen molar-refractivity contribution in [1.82, 2.24) is 4.98 Å². The van der Waals surface area contributed by atoms with Gasteiger partial charge in [-0.15, -0.1) is 0 Å². The fourth-order valence-electron chi connectivity index (χ4n) is 2.04. The quantitative estimate of drug-likeness (QED) is 0.726. The molecule has 0 saturated heterocycles. The van der Waals surface area contributed by atoms with Crippen molar-refractivity contribution in [2.45, 2.75) is 12.6 Å². The number of nitrogens with zero attached hydrogens (tertiary/aromatic N) is 1. The standard InChI is InChI=1S/C13H12N2O/c14-13-9-5-3-7-15-11(9)8-16-12-6-2-1-4-10(12)13/h1-7,13H,8,14H2/t13-/m1/s1. The van der Waals surface area contributed by atoms with Gasteiger partial charge in [0.05, 0.1) is 11.7 Å². The van der Waals surface area contributed by atoms with E-state index in [0.717, 1.165) is 22.6 Å². The van der Waals surface area contributed by atoms with Gasteiger partial charge in [0.1, 0.15) is 12.4 Å². The summed E-state index contributed by atoms with van der Waals surface area (Å²) in [5.41, 5.74) is 9.23. The zero-order valence-corrected chi connectivity index (χ0v) is 8.76. The highest BCUT2D eigenvalue weighted by Crippen LogP contribution is 2.32. The molecule has 2 N–H and O–H groups in total. The van der Waals surface area contributed by atoms with Crippen molar-refractivity contribution in [2.75, 3.05) is 0 Å². The van der Waals surface area contributed by atoms with E-state index in [0.29, 0.717) is 6.61 Å². The molecule has 80 valence electrons. The summed E-state index contributed by atoms with van der Waals surface area (Å²) >= 11 is 0. The lowest BCUT2D eigenvalue weighted by molar-refractivity contribution is 0.302. The second kappa shape index (κ2) is 3.61. The molecule has 1 aromatic heterocycles. The predicted octanol–water partition coefficient (Wildman–Crippen LogP) is 2.02. The lowest BCUT2D eigenvalue weighted by atomic mass is 9.99. The molecule has 0 unspecified atom stereocenters. The lowest BCUT2D eigenvalue weighted by Gasteiger charge is -2.12. The molecule has 2 aromatic rings. The van der Waals surface area contributed by atoms with Gasteiger partial charge in [0.15, 0.2) is 0 Å². The molecular weight excluding hydrogens is 200 g/mol. The van der Waals surface area contributed by atoms with E-state index in [2.05, 4.69) is 4.98 Å². The summed E-state index contributed by atoms with van der Waals surface area (Å²) in [4.78, 5) is 4.31.